The Kier molecular flexibility index (Phi) is 4.88. The minimum atomic E-state index is -4.38. The quantitative estimate of drug-likeness (QED) is 0.780. The minimum Gasteiger partial charge on any atom is -0.315 e. The van der Waals surface area contributed by atoms with Crippen LogP contribution < -0.4 is 5.32 Å². The molecular formula is C10H16F6N2. The summed E-state index contributed by atoms with van der Waals surface area (Å²) in [6.07, 6.45) is -9.82. The zero-order valence-corrected chi connectivity index (χ0v) is 9.91. The maximum atomic E-state index is 12.6. The predicted molar refractivity (Wildman–Crippen MR) is 54.1 cm³/mol. The molecule has 0 spiro atoms. The van der Waals surface area contributed by atoms with Gasteiger partial charge in [-0.3, -0.25) is 4.90 Å². The molecule has 0 saturated carbocycles. The van der Waals surface area contributed by atoms with E-state index < -0.39 is 30.7 Å². The van der Waals surface area contributed by atoms with Gasteiger partial charge in [0.2, 0.25) is 0 Å². The van der Waals surface area contributed by atoms with Crippen LogP contribution in [0.15, 0.2) is 0 Å². The molecule has 0 radical (unpaired) electrons. The van der Waals surface area contributed by atoms with Crippen molar-refractivity contribution in [1.82, 2.24) is 10.2 Å². The third-order valence-corrected chi connectivity index (χ3v) is 3.03. The zero-order chi connectivity index (χ0) is 14.0. The lowest BCUT2D eigenvalue weighted by molar-refractivity contribution is -0.179. The van der Waals surface area contributed by atoms with Crippen LogP contribution in [0.2, 0.25) is 0 Å². The molecule has 0 aromatic heterocycles. The maximum Gasteiger partial charge on any atom is 0.394 e. The molecule has 1 rings (SSSR count). The van der Waals surface area contributed by atoms with Gasteiger partial charge in [-0.1, -0.05) is 0 Å². The highest BCUT2D eigenvalue weighted by molar-refractivity contribution is 4.82. The van der Waals surface area contributed by atoms with Crippen LogP contribution in [0.4, 0.5) is 26.3 Å². The van der Waals surface area contributed by atoms with Gasteiger partial charge >= 0.3 is 12.4 Å². The summed E-state index contributed by atoms with van der Waals surface area (Å²) in [5.41, 5.74) is 0. The summed E-state index contributed by atoms with van der Waals surface area (Å²) in [5, 5.41) is 2.61. The van der Waals surface area contributed by atoms with Crippen molar-refractivity contribution < 1.29 is 26.3 Å². The second-order valence-corrected chi connectivity index (χ2v) is 4.61. The third kappa shape index (κ3) is 5.01. The average Bonchev–Trinajstić information content (AvgIpc) is 2.38. The molecule has 1 aliphatic rings. The Hall–Kier alpha value is -0.500. The molecule has 1 aliphatic heterocycles. The van der Waals surface area contributed by atoms with E-state index >= 15 is 0 Å². The smallest absolute Gasteiger partial charge is 0.315 e. The van der Waals surface area contributed by atoms with Crippen LogP contribution in [0, 0.1) is 5.92 Å². The van der Waals surface area contributed by atoms with Gasteiger partial charge in [0.05, 0.1) is 12.3 Å². The molecule has 0 bridgehead atoms. The summed E-state index contributed by atoms with van der Waals surface area (Å²) in [6.45, 7) is 1.16. The lowest BCUT2D eigenvalue weighted by Crippen LogP contribution is -2.43. The molecule has 1 saturated heterocycles. The van der Waals surface area contributed by atoms with Crippen molar-refractivity contribution in [2.45, 2.75) is 31.7 Å². The van der Waals surface area contributed by atoms with E-state index in [-0.39, 0.29) is 26.2 Å². The van der Waals surface area contributed by atoms with Crippen LogP contribution in [-0.2, 0) is 0 Å². The molecule has 0 aromatic rings. The largest absolute Gasteiger partial charge is 0.394 e. The minimum absolute atomic E-state index is 0.198. The first-order valence-electron chi connectivity index (χ1n) is 5.68. The zero-order valence-electron chi connectivity index (χ0n) is 9.91. The summed E-state index contributed by atoms with van der Waals surface area (Å²) in [5.74, 6) is -1.62. The summed E-state index contributed by atoms with van der Waals surface area (Å²) in [7, 11) is 0. The van der Waals surface area contributed by atoms with Crippen molar-refractivity contribution in [3.8, 4) is 0 Å². The van der Waals surface area contributed by atoms with Gasteiger partial charge < -0.3 is 5.32 Å². The fourth-order valence-electron chi connectivity index (χ4n) is 2.02. The normalized spacial score (nSPS) is 25.8. The van der Waals surface area contributed by atoms with E-state index in [1.54, 1.807) is 0 Å². The Balaban J connectivity index is 2.64. The number of alkyl halides is 6. The van der Waals surface area contributed by atoms with Crippen LogP contribution in [0.5, 0.6) is 0 Å². The summed E-state index contributed by atoms with van der Waals surface area (Å²) in [4.78, 5) is 1.26. The molecule has 8 heteroatoms. The van der Waals surface area contributed by atoms with E-state index in [2.05, 4.69) is 5.32 Å². The molecule has 1 heterocycles. The number of hydrogen-bond donors (Lipinski definition) is 1. The number of halogens is 6. The van der Waals surface area contributed by atoms with Gasteiger partial charge in [-0.15, -0.1) is 0 Å². The topological polar surface area (TPSA) is 15.3 Å². The Morgan fingerprint density at radius 1 is 1.22 bits per heavy atom. The van der Waals surface area contributed by atoms with E-state index in [9.17, 15) is 26.3 Å². The van der Waals surface area contributed by atoms with Gasteiger partial charge in [-0.05, 0) is 6.92 Å². The molecule has 1 N–H and O–H groups in total. The van der Waals surface area contributed by atoms with E-state index in [1.807, 2.05) is 0 Å². The van der Waals surface area contributed by atoms with Crippen molar-refractivity contribution in [2.75, 3.05) is 26.2 Å². The van der Waals surface area contributed by atoms with E-state index in [0.717, 1.165) is 0 Å². The van der Waals surface area contributed by atoms with Crippen LogP contribution >= 0.6 is 0 Å². The molecule has 108 valence electrons. The third-order valence-electron chi connectivity index (χ3n) is 3.03. The van der Waals surface area contributed by atoms with Gasteiger partial charge in [0.15, 0.2) is 0 Å². The average molecular weight is 278 g/mol. The first-order chi connectivity index (χ1) is 8.09. The number of rotatable bonds is 2. The highest BCUT2D eigenvalue weighted by Gasteiger charge is 2.42. The van der Waals surface area contributed by atoms with Crippen LogP contribution in [0.25, 0.3) is 0 Å². The number of nitrogens with one attached hydrogen (secondary N) is 1. The van der Waals surface area contributed by atoms with Gasteiger partial charge in [0.1, 0.15) is 0 Å². The molecule has 1 fully saturated rings. The predicted octanol–water partition coefficient (Wildman–Crippen LogP) is 2.41. The van der Waals surface area contributed by atoms with E-state index in [1.165, 1.54) is 11.8 Å². The van der Waals surface area contributed by atoms with Crippen molar-refractivity contribution in [3.63, 3.8) is 0 Å². The van der Waals surface area contributed by atoms with Crippen LogP contribution in [-0.4, -0.2) is 49.5 Å². The van der Waals surface area contributed by atoms with Gasteiger partial charge in [-0.2, -0.15) is 26.3 Å². The molecule has 18 heavy (non-hydrogen) atoms. The lowest BCUT2D eigenvalue weighted by atomic mass is 10.1. The molecule has 2 atom stereocenters. The van der Waals surface area contributed by atoms with Gasteiger partial charge in [0, 0.05) is 32.2 Å². The van der Waals surface area contributed by atoms with Crippen LogP contribution in [0.1, 0.15) is 13.3 Å². The molecule has 0 aliphatic carbocycles. The molecule has 0 aromatic carbocycles. The summed E-state index contributed by atoms with van der Waals surface area (Å²) >= 11 is 0. The molecule has 2 nitrogen and oxygen atoms in total. The van der Waals surface area contributed by atoms with Crippen molar-refractivity contribution >= 4 is 0 Å². The first kappa shape index (κ1) is 15.6. The Labute approximate surface area is 101 Å². The molecule has 2 unspecified atom stereocenters. The first-order valence-corrected chi connectivity index (χ1v) is 5.68. The Bertz CT molecular complexity index is 262. The second-order valence-electron chi connectivity index (χ2n) is 4.61. The monoisotopic (exact) mass is 278 g/mol. The fourth-order valence-corrected chi connectivity index (χ4v) is 2.02. The number of hydrogen-bond acceptors (Lipinski definition) is 2. The van der Waals surface area contributed by atoms with Crippen molar-refractivity contribution in [2.24, 2.45) is 5.92 Å². The van der Waals surface area contributed by atoms with Gasteiger partial charge in [-0.25, -0.2) is 0 Å². The van der Waals surface area contributed by atoms with Gasteiger partial charge in [0.25, 0.3) is 0 Å². The fraction of sp³-hybridized carbons (Fsp3) is 1.00. The maximum absolute atomic E-state index is 12.6. The van der Waals surface area contributed by atoms with E-state index in [4.69, 9.17) is 0 Å². The highest BCUT2D eigenvalue weighted by atomic mass is 19.4. The van der Waals surface area contributed by atoms with Crippen LogP contribution in [0.3, 0.4) is 0 Å². The highest BCUT2D eigenvalue weighted by Crippen LogP contribution is 2.30. The van der Waals surface area contributed by atoms with Crippen molar-refractivity contribution in [1.29, 1.82) is 0 Å². The lowest BCUT2D eigenvalue weighted by Gasteiger charge is -2.31. The Morgan fingerprint density at radius 2 is 1.83 bits per heavy atom. The standard InChI is InChI=1S/C10H16F6N2/c1-7(4-9(11,12)13)18-3-2-17-5-8(6-18)10(14,15)16/h7-8,17H,2-6H2,1H3. The summed E-state index contributed by atoms with van der Waals surface area (Å²) in [6, 6.07) is -0.935. The Morgan fingerprint density at radius 3 is 2.33 bits per heavy atom. The molecular weight excluding hydrogens is 262 g/mol. The molecule has 0 amide bonds. The number of nitrogens with zero attached hydrogens (tertiary/aromatic N) is 1. The van der Waals surface area contributed by atoms with E-state index in [0.29, 0.717) is 0 Å². The van der Waals surface area contributed by atoms with Crippen molar-refractivity contribution in [3.05, 3.63) is 0 Å². The second kappa shape index (κ2) is 5.64. The SMILES string of the molecule is CC(CC(F)(F)F)N1CCNCC(C(F)(F)F)C1. The summed E-state index contributed by atoms with van der Waals surface area (Å²) < 4.78 is 74.5.